The van der Waals surface area contributed by atoms with Crippen molar-refractivity contribution in [3.63, 3.8) is 0 Å². The molecule has 0 bridgehead atoms. The molecule has 3 N–H and O–H groups in total. The summed E-state index contributed by atoms with van der Waals surface area (Å²) < 4.78 is 18.2. The Bertz CT molecular complexity index is 508. The van der Waals surface area contributed by atoms with E-state index in [1.165, 1.54) is 12.1 Å². The predicted molar refractivity (Wildman–Crippen MR) is 60.6 cm³/mol. The molecule has 90 valence electrons. The lowest BCUT2D eigenvalue weighted by molar-refractivity contribution is 0.158. The maximum absolute atomic E-state index is 12.8. The number of benzene rings is 1. The summed E-state index contributed by atoms with van der Waals surface area (Å²) in [7, 11) is 0. The molecular formula is C12H13FN2O2. The SMILES string of the molecule is Cc1nc(-c2ccc(F)cc2)oc1C(O)CN. The van der Waals surface area contributed by atoms with E-state index < -0.39 is 6.10 Å². The molecule has 2 rings (SSSR count). The van der Waals surface area contributed by atoms with Crippen LogP contribution >= 0.6 is 0 Å². The standard InChI is InChI=1S/C12H13FN2O2/c1-7-11(10(16)6-14)17-12(15-7)8-2-4-9(13)5-3-8/h2-5,10,16H,6,14H2,1H3. The third kappa shape index (κ3) is 2.35. The van der Waals surface area contributed by atoms with Crippen molar-refractivity contribution in [3.05, 3.63) is 41.5 Å². The number of rotatable bonds is 3. The Hall–Kier alpha value is -1.72. The minimum Gasteiger partial charge on any atom is -0.438 e. The van der Waals surface area contributed by atoms with Gasteiger partial charge >= 0.3 is 0 Å². The molecule has 5 heteroatoms. The summed E-state index contributed by atoms with van der Waals surface area (Å²) >= 11 is 0. The highest BCUT2D eigenvalue weighted by atomic mass is 19.1. The number of nitrogens with zero attached hydrogens (tertiary/aromatic N) is 1. The molecule has 1 unspecified atom stereocenters. The van der Waals surface area contributed by atoms with Gasteiger partial charge in [-0.15, -0.1) is 0 Å². The normalized spacial score (nSPS) is 12.7. The van der Waals surface area contributed by atoms with Crippen molar-refractivity contribution < 1.29 is 13.9 Å². The average molecular weight is 236 g/mol. The van der Waals surface area contributed by atoms with Gasteiger partial charge in [0.25, 0.3) is 0 Å². The van der Waals surface area contributed by atoms with E-state index in [-0.39, 0.29) is 12.4 Å². The fourth-order valence-electron chi connectivity index (χ4n) is 1.54. The van der Waals surface area contributed by atoms with Crippen LogP contribution in [0.2, 0.25) is 0 Å². The Labute approximate surface area is 97.9 Å². The van der Waals surface area contributed by atoms with Crippen molar-refractivity contribution in [1.29, 1.82) is 0 Å². The van der Waals surface area contributed by atoms with Crippen molar-refractivity contribution >= 4 is 0 Å². The van der Waals surface area contributed by atoms with E-state index in [4.69, 9.17) is 10.2 Å². The molecule has 0 saturated carbocycles. The maximum Gasteiger partial charge on any atom is 0.226 e. The van der Waals surface area contributed by atoms with E-state index in [0.29, 0.717) is 22.9 Å². The molecule has 1 aromatic heterocycles. The second-order valence-corrected chi connectivity index (χ2v) is 3.73. The first kappa shape index (κ1) is 11.8. The van der Waals surface area contributed by atoms with E-state index in [0.717, 1.165) is 0 Å². The Morgan fingerprint density at radius 2 is 2.06 bits per heavy atom. The number of oxazole rings is 1. The molecule has 0 fully saturated rings. The topological polar surface area (TPSA) is 72.3 Å². The minimum atomic E-state index is -0.864. The van der Waals surface area contributed by atoms with Crippen LogP contribution in [0.1, 0.15) is 17.6 Å². The Kier molecular flexibility index (Phi) is 3.21. The monoisotopic (exact) mass is 236 g/mol. The van der Waals surface area contributed by atoms with Gasteiger partial charge in [-0.25, -0.2) is 9.37 Å². The summed E-state index contributed by atoms with van der Waals surface area (Å²) in [6.45, 7) is 1.80. The Balaban J connectivity index is 2.37. The number of hydrogen-bond donors (Lipinski definition) is 2. The second kappa shape index (κ2) is 4.65. The number of halogens is 1. The highest BCUT2D eigenvalue weighted by Crippen LogP contribution is 2.25. The quantitative estimate of drug-likeness (QED) is 0.852. The Morgan fingerprint density at radius 1 is 1.41 bits per heavy atom. The van der Waals surface area contributed by atoms with E-state index in [9.17, 15) is 9.50 Å². The van der Waals surface area contributed by atoms with Crippen LogP contribution in [-0.4, -0.2) is 16.6 Å². The van der Waals surface area contributed by atoms with Gasteiger partial charge < -0.3 is 15.3 Å². The van der Waals surface area contributed by atoms with E-state index >= 15 is 0 Å². The van der Waals surface area contributed by atoms with Crippen LogP contribution in [0.3, 0.4) is 0 Å². The van der Waals surface area contributed by atoms with Gasteiger partial charge in [-0.2, -0.15) is 0 Å². The molecule has 0 amide bonds. The first-order chi connectivity index (χ1) is 8.11. The van der Waals surface area contributed by atoms with Gasteiger partial charge in [-0.1, -0.05) is 0 Å². The molecule has 0 aliphatic carbocycles. The number of aliphatic hydroxyl groups excluding tert-OH is 1. The number of hydrogen-bond acceptors (Lipinski definition) is 4. The zero-order valence-corrected chi connectivity index (χ0v) is 9.35. The number of nitrogens with two attached hydrogens (primary N) is 1. The van der Waals surface area contributed by atoms with Gasteiger partial charge in [-0.3, -0.25) is 0 Å². The number of aryl methyl sites for hydroxylation is 1. The lowest BCUT2D eigenvalue weighted by Gasteiger charge is -2.03. The number of aromatic nitrogens is 1. The summed E-state index contributed by atoms with van der Waals surface area (Å²) in [5.41, 5.74) is 6.60. The van der Waals surface area contributed by atoms with Crippen molar-refractivity contribution in [1.82, 2.24) is 4.98 Å². The third-order valence-electron chi connectivity index (χ3n) is 2.45. The lowest BCUT2D eigenvalue weighted by Crippen LogP contribution is -2.11. The molecule has 1 atom stereocenters. The van der Waals surface area contributed by atoms with Crippen molar-refractivity contribution in [2.24, 2.45) is 5.73 Å². The maximum atomic E-state index is 12.8. The highest BCUT2D eigenvalue weighted by Gasteiger charge is 2.17. The van der Waals surface area contributed by atoms with E-state index in [2.05, 4.69) is 4.98 Å². The van der Waals surface area contributed by atoms with Gasteiger partial charge in [-0.05, 0) is 31.2 Å². The Morgan fingerprint density at radius 3 is 2.65 bits per heavy atom. The smallest absolute Gasteiger partial charge is 0.226 e. The molecule has 17 heavy (non-hydrogen) atoms. The summed E-state index contributed by atoms with van der Waals surface area (Å²) in [6.07, 6.45) is -0.864. The van der Waals surface area contributed by atoms with Gasteiger partial charge in [0.05, 0.1) is 5.69 Å². The average Bonchev–Trinajstić information content (AvgIpc) is 2.71. The van der Waals surface area contributed by atoms with Crippen LogP contribution in [0.25, 0.3) is 11.5 Å². The zero-order chi connectivity index (χ0) is 12.4. The molecule has 4 nitrogen and oxygen atoms in total. The third-order valence-corrected chi connectivity index (χ3v) is 2.45. The van der Waals surface area contributed by atoms with Crippen LogP contribution < -0.4 is 5.73 Å². The van der Waals surface area contributed by atoms with Crippen LogP contribution in [-0.2, 0) is 0 Å². The molecule has 0 aliphatic rings. The number of aliphatic hydroxyl groups is 1. The van der Waals surface area contributed by atoms with Gasteiger partial charge in [0.1, 0.15) is 11.9 Å². The summed E-state index contributed by atoms with van der Waals surface area (Å²) in [5, 5.41) is 9.60. The van der Waals surface area contributed by atoms with Gasteiger partial charge in [0.2, 0.25) is 5.89 Å². The van der Waals surface area contributed by atoms with Crippen molar-refractivity contribution in [2.45, 2.75) is 13.0 Å². The molecule has 0 spiro atoms. The molecular weight excluding hydrogens is 223 g/mol. The lowest BCUT2D eigenvalue weighted by atomic mass is 10.2. The second-order valence-electron chi connectivity index (χ2n) is 3.73. The molecule has 1 aromatic carbocycles. The fourth-order valence-corrected chi connectivity index (χ4v) is 1.54. The van der Waals surface area contributed by atoms with Crippen molar-refractivity contribution in [2.75, 3.05) is 6.54 Å². The molecule has 0 saturated heterocycles. The largest absolute Gasteiger partial charge is 0.438 e. The summed E-state index contributed by atoms with van der Waals surface area (Å²) in [5.74, 6) is 0.385. The van der Waals surface area contributed by atoms with E-state index in [1.54, 1.807) is 19.1 Å². The summed E-state index contributed by atoms with van der Waals surface area (Å²) in [4.78, 5) is 4.17. The van der Waals surface area contributed by atoms with Crippen LogP contribution in [0.4, 0.5) is 4.39 Å². The zero-order valence-electron chi connectivity index (χ0n) is 9.35. The molecule has 1 heterocycles. The van der Waals surface area contributed by atoms with E-state index in [1.807, 2.05) is 0 Å². The van der Waals surface area contributed by atoms with Crippen LogP contribution in [0, 0.1) is 12.7 Å². The van der Waals surface area contributed by atoms with Crippen LogP contribution in [0.5, 0.6) is 0 Å². The first-order valence-corrected chi connectivity index (χ1v) is 5.23. The molecule has 0 radical (unpaired) electrons. The minimum absolute atomic E-state index is 0.0683. The predicted octanol–water partition coefficient (Wildman–Crippen LogP) is 1.78. The molecule has 0 aliphatic heterocycles. The van der Waals surface area contributed by atoms with Gasteiger partial charge in [0, 0.05) is 12.1 Å². The molecule has 2 aromatic rings. The summed E-state index contributed by atoms with van der Waals surface area (Å²) in [6, 6.07) is 5.79. The van der Waals surface area contributed by atoms with Crippen molar-refractivity contribution in [3.8, 4) is 11.5 Å². The van der Waals surface area contributed by atoms with Gasteiger partial charge in [0.15, 0.2) is 5.76 Å². The van der Waals surface area contributed by atoms with Crippen LogP contribution in [0.15, 0.2) is 28.7 Å². The first-order valence-electron chi connectivity index (χ1n) is 5.23. The highest BCUT2D eigenvalue weighted by molar-refractivity contribution is 5.53. The fraction of sp³-hybridized carbons (Fsp3) is 0.250.